The highest BCUT2D eigenvalue weighted by Gasteiger charge is 2.72. The van der Waals surface area contributed by atoms with Crippen molar-refractivity contribution in [2.45, 2.75) is 63.4 Å². The van der Waals surface area contributed by atoms with Crippen molar-refractivity contribution in [3.63, 3.8) is 0 Å². The van der Waals surface area contributed by atoms with Crippen molar-refractivity contribution in [3.8, 4) is 0 Å². The number of amides is 2. The molecule has 2 saturated heterocycles. The summed E-state index contributed by atoms with van der Waals surface area (Å²) in [4.78, 5) is 45.1. The minimum absolute atomic E-state index is 0.185. The van der Waals surface area contributed by atoms with E-state index in [-0.39, 0.29) is 30.9 Å². The number of carbonyl (C=O) groups excluding carboxylic acids is 3. The molecular formula is C29H36N2O6. The Morgan fingerprint density at radius 3 is 2.62 bits per heavy atom. The molecule has 2 fully saturated rings. The summed E-state index contributed by atoms with van der Waals surface area (Å²) >= 11 is 0. The SMILES string of the molecule is CC(C)C[C@H](CO)N1C(=O)[C@@H]2[C@H]3C(=O)OCCC/C=C\[C@H]3O[C@@]23C=CCN(Cc2ccccc2)C(=O)C13. The minimum atomic E-state index is -1.32. The molecule has 0 radical (unpaired) electrons. The largest absolute Gasteiger partial charge is 0.465 e. The van der Waals surface area contributed by atoms with Crippen LogP contribution in [0.5, 0.6) is 0 Å². The number of aliphatic hydroxyl groups is 1. The second-order valence-corrected chi connectivity index (χ2v) is 10.9. The first kappa shape index (κ1) is 25.7. The third-order valence-corrected chi connectivity index (χ3v) is 7.94. The number of carbonyl (C=O) groups is 3. The molecular weight excluding hydrogens is 472 g/mol. The number of esters is 1. The second kappa shape index (κ2) is 10.4. The number of cyclic esters (lactones) is 1. The Morgan fingerprint density at radius 1 is 1.11 bits per heavy atom. The number of rotatable bonds is 6. The van der Waals surface area contributed by atoms with E-state index in [9.17, 15) is 19.5 Å². The third kappa shape index (κ3) is 4.50. The highest BCUT2D eigenvalue weighted by molar-refractivity contribution is 5.99. The van der Waals surface area contributed by atoms with E-state index < -0.39 is 41.6 Å². The zero-order valence-corrected chi connectivity index (χ0v) is 21.5. The van der Waals surface area contributed by atoms with Gasteiger partial charge in [-0.05, 0) is 30.7 Å². The molecule has 1 unspecified atom stereocenters. The molecule has 4 aliphatic rings. The van der Waals surface area contributed by atoms with Crippen LogP contribution in [0, 0.1) is 17.8 Å². The lowest BCUT2D eigenvalue weighted by Crippen LogP contribution is -2.58. The molecule has 0 aliphatic carbocycles. The first-order valence-corrected chi connectivity index (χ1v) is 13.3. The molecule has 0 aromatic heterocycles. The van der Waals surface area contributed by atoms with Gasteiger partial charge in [-0.2, -0.15) is 0 Å². The topological polar surface area (TPSA) is 96.4 Å². The quantitative estimate of drug-likeness (QED) is 0.469. The molecule has 1 aromatic carbocycles. The summed E-state index contributed by atoms with van der Waals surface area (Å²) in [5.41, 5.74) is -0.340. The molecule has 4 heterocycles. The Balaban J connectivity index is 1.60. The van der Waals surface area contributed by atoms with Gasteiger partial charge >= 0.3 is 5.97 Å². The van der Waals surface area contributed by atoms with Gasteiger partial charge in [-0.15, -0.1) is 0 Å². The standard InChI is InChI=1S/C29H36N2O6/c1-19(2)16-21(18-32)31-25-27(34)30(17-20-10-5-3-6-11-20)14-9-13-29(25)24(26(31)33)23-22(37-29)12-7-4-8-15-36-28(23)35/h3,5-7,9-13,19,21-25,32H,4,8,14-18H2,1-2H3/b12-7-/t21-,22-,23+,24+,25?,29+/m1/s1. The van der Waals surface area contributed by atoms with Crippen molar-refractivity contribution >= 4 is 17.8 Å². The van der Waals surface area contributed by atoms with Crippen LogP contribution in [-0.2, 0) is 30.4 Å². The predicted octanol–water partition coefficient (Wildman–Crippen LogP) is 2.47. The lowest BCUT2D eigenvalue weighted by Gasteiger charge is -2.39. The van der Waals surface area contributed by atoms with Crippen LogP contribution in [0.1, 0.15) is 38.7 Å². The summed E-state index contributed by atoms with van der Waals surface area (Å²) in [7, 11) is 0. The summed E-state index contributed by atoms with van der Waals surface area (Å²) in [6.45, 7) is 4.77. The van der Waals surface area contributed by atoms with Crippen molar-refractivity contribution in [2.75, 3.05) is 19.8 Å². The van der Waals surface area contributed by atoms with Crippen LogP contribution in [0.3, 0.4) is 0 Å². The molecule has 1 aromatic rings. The number of likely N-dealkylation sites (tertiary alicyclic amines) is 1. The number of hydrogen-bond donors (Lipinski definition) is 1. The van der Waals surface area contributed by atoms with Gasteiger partial charge in [-0.25, -0.2) is 0 Å². The van der Waals surface area contributed by atoms with Crippen molar-refractivity contribution in [1.82, 2.24) is 9.80 Å². The van der Waals surface area contributed by atoms with E-state index in [0.717, 1.165) is 12.0 Å². The normalized spacial score (nSPS) is 33.1. The number of allylic oxidation sites excluding steroid dienone is 1. The van der Waals surface area contributed by atoms with E-state index in [1.54, 1.807) is 4.90 Å². The third-order valence-electron chi connectivity index (χ3n) is 7.94. The Bertz CT molecular complexity index is 1090. The highest BCUT2D eigenvalue weighted by Crippen LogP contribution is 2.54. The lowest BCUT2D eigenvalue weighted by atomic mass is 9.78. The van der Waals surface area contributed by atoms with E-state index in [1.807, 2.05) is 68.5 Å². The maximum Gasteiger partial charge on any atom is 0.312 e. The van der Waals surface area contributed by atoms with E-state index in [1.165, 1.54) is 4.90 Å². The van der Waals surface area contributed by atoms with Crippen LogP contribution in [-0.4, -0.2) is 76.2 Å². The summed E-state index contributed by atoms with van der Waals surface area (Å²) in [6, 6.07) is 8.15. The van der Waals surface area contributed by atoms with Crippen LogP contribution in [0.15, 0.2) is 54.6 Å². The molecule has 37 heavy (non-hydrogen) atoms. The van der Waals surface area contributed by atoms with Gasteiger partial charge in [0, 0.05) is 13.1 Å². The summed E-state index contributed by atoms with van der Waals surface area (Å²) < 4.78 is 12.2. The highest BCUT2D eigenvalue weighted by atomic mass is 16.6. The van der Waals surface area contributed by atoms with E-state index in [4.69, 9.17) is 9.47 Å². The van der Waals surface area contributed by atoms with Crippen molar-refractivity contribution in [3.05, 3.63) is 60.2 Å². The van der Waals surface area contributed by atoms with E-state index >= 15 is 0 Å². The van der Waals surface area contributed by atoms with Gasteiger partial charge in [-0.3, -0.25) is 14.4 Å². The van der Waals surface area contributed by atoms with Gasteiger partial charge in [0.25, 0.3) is 0 Å². The molecule has 6 atom stereocenters. The first-order valence-electron chi connectivity index (χ1n) is 13.3. The Kier molecular flexibility index (Phi) is 7.23. The van der Waals surface area contributed by atoms with Gasteiger partial charge in [0.1, 0.15) is 17.6 Å². The summed E-state index contributed by atoms with van der Waals surface area (Å²) in [5.74, 6) is -2.62. The molecule has 5 rings (SSSR count). The first-order chi connectivity index (χ1) is 17.9. The molecule has 0 saturated carbocycles. The minimum Gasteiger partial charge on any atom is -0.465 e. The number of ether oxygens (including phenoxy) is 2. The Morgan fingerprint density at radius 2 is 1.89 bits per heavy atom. The van der Waals surface area contributed by atoms with Crippen LogP contribution >= 0.6 is 0 Å². The van der Waals surface area contributed by atoms with Crippen LogP contribution in [0.2, 0.25) is 0 Å². The van der Waals surface area contributed by atoms with Crippen molar-refractivity contribution in [1.29, 1.82) is 0 Å². The monoisotopic (exact) mass is 508 g/mol. The van der Waals surface area contributed by atoms with Crippen LogP contribution in [0.25, 0.3) is 0 Å². The molecule has 8 nitrogen and oxygen atoms in total. The van der Waals surface area contributed by atoms with Gasteiger partial charge in [-0.1, -0.05) is 68.5 Å². The average molecular weight is 509 g/mol. The lowest BCUT2D eigenvalue weighted by molar-refractivity contribution is -0.156. The van der Waals surface area contributed by atoms with Gasteiger partial charge in [0.2, 0.25) is 11.8 Å². The Hall–Kier alpha value is -2.97. The number of hydrogen-bond acceptors (Lipinski definition) is 6. The Labute approximate surface area is 217 Å². The molecule has 198 valence electrons. The fourth-order valence-electron chi connectivity index (χ4n) is 6.40. The molecule has 8 heteroatoms. The maximum absolute atomic E-state index is 14.3. The smallest absolute Gasteiger partial charge is 0.312 e. The predicted molar refractivity (Wildman–Crippen MR) is 136 cm³/mol. The number of benzene rings is 1. The fraction of sp³-hybridized carbons (Fsp3) is 0.552. The van der Waals surface area contributed by atoms with Crippen LogP contribution in [0.4, 0.5) is 0 Å². The van der Waals surface area contributed by atoms with Gasteiger partial charge < -0.3 is 24.4 Å². The molecule has 1 spiro atoms. The van der Waals surface area contributed by atoms with Crippen molar-refractivity contribution < 1.29 is 29.0 Å². The number of fused-ring (bicyclic) bond motifs is 2. The molecule has 1 N–H and O–H groups in total. The zero-order valence-electron chi connectivity index (χ0n) is 21.5. The van der Waals surface area contributed by atoms with Crippen LogP contribution < -0.4 is 0 Å². The summed E-state index contributed by atoms with van der Waals surface area (Å²) in [6.07, 6.45) is 8.81. The molecule has 0 bridgehead atoms. The molecule has 4 aliphatic heterocycles. The fourth-order valence-corrected chi connectivity index (χ4v) is 6.40. The van der Waals surface area contributed by atoms with E-state index in [0.29, 0.717) is 25.9 Å². The number of nitrogens with zero attached hydrogens (tertiary/aromatic N) is 2. The maximum atomic E-state index is 14.3. The average Bonchev–Trinajstić information content (AvgIpc) is 3.30. The number of aliphatic hydroxyl groups excluding tert-OH is 1. The van der Waals surface area contributed by atoms with Gasteiger partial charge in [0.15, 0.2) is 0 Å². The second-order valence-electron chi connectivity index (χ2n) is 10.9. The molecule has 2 amide bonds. The van der Waals surface area contributed by atoms with E-state index in [2.05, 4.69) is 0 Å². The van der Waals surface area contributed by atoms with Crippen molar-refractivity contribution in [2.24, 2.45) is 17.8 Å². The van der Waals surface area contributed by atoms with Gasteiger partial charge in [0.05, 0.1) is 31.3 Å². The zero-order chi connectivity index (χ0) is 26.2. The summed E-state index contributed by atoms with van der Waals surface area (Å²) in [5, 5.41) is 10.4.